The normalized spacial score (nSPS) is 20.0. The molecule has 25 heavy (non-hydrogen) atoms. The van der Waals surface area contributed by atoms with Crippen LogP contribution >= 0.6 is 0 Å². The van der Waals surface area contributed by atoms with Gasteiger partial charge in [-0.05, 0) is 31.2 Å². The molecule has 132 valence electrons. The standard InChI is InChI=1S/C20H25N3O2/c24-18(21-16-10-5-2-6-11-16)14-17-22-19(25-23-17)20(12-7-13-20)15-8-3-1-4-9-15/h1,3-4,8-9,16H,2,5-7,10-14H2,(H,21,24). The first-order valence-corrected chi connectivity index (χ1v) is 9.44. The summed E-state index contributed by atoms with van der Waals surface area (Å²) in [5.41, 5.74) is 1.06. The molecule has 5 nitrogen and oxygen atoms in total. The molecule has 0 saturated heterocycles. The Bertz CT molecular complexity index is 716. The molecule has 2 fully saturated rings. The van der Waals surface area contributed by atoms with Gasteiger partial charge in [-0.15, -0.1) is 0 Å². The van der Waals surface area contributed by atoms with Crippen LogP contribution in [0, 0.1) is 0 Å². The van der Waals surface area contributed by atoms with Crippen LogP contribution in [0.4, 0.5) is 0 Å². The molecular formula is C20H25N3O2. The minimum absolute atomic E-state index is 0.00150. The van der Waals surface area contributed by atoms with Gasteiger partial charge in [0.2, 0.25) is 11.8 Å². The zero-order valence-electron chi connectivity index (χ0n) is 14.5. The third-order valence-electron chi connectivity index (χ3n) is 5.70. The van der Waals surface area contributed by atoms with E-state index in [9.17, 15) is 4.79 Å². The smallest absolute Gasteiger partial charge is 0.237 e. The molecule has 1 aromatic heterocycles. The third kappa shape index (κ3) is 3.32. The van der Waals surface area contributed by atoms with Gasteiger partial charge in [-0.3, -0.25) is 4.79 Å². The maximum absolute atomic E-state index is 12.3. The van der Waals surface area contributed by atoms with E-state index in [0.717, 1.165) is 32.1 Å². The first-order chi connectivity index (χ1) is 12.3. The highest BCUT2D eigenvalue weighted by atomic mass is 16.5. The van der Waals surface area contributed by atoms with Gasteiger partial charge < -0.3 is 9.84 Å². The van der Waals surface area contributed by atoms with Crippen molar-refractivity contribution >= 4 is 5.91 Å². The molecule has 1 amide bonds. The van der Waals surface area contributed by atoms with E-state index in [2.05, 4.69) is 27.6 Å². The minimum Gasteiger partial charge on any atom is -0.353 e. The number of amides is 1. The first-order valence-electron chi connectivity index (χ1n) is 9.44. The Morgan fingerprint density at radius 1 is 1.12 bits per heavy atom. The summed E-state index contributed by atoms with van der Waals surface area (Å²) < 4.78 is 5.58. The Balaban J connectivity index is 1.44. The molecule has 2 aliphatic carbocycles. The zero-order valence-corrected chi connectivity index (χ0v) is 14.5. The van der Waals surface area contributed by atoms with Crippen LogP contribution in [0.2, 0.25) is 0 Å². The van der Waals surface area contributed by atoms with E-state index < -0.39 is 0 Å². The van der Waals surface area contributed by atoms with Gasteiger partial charge in [0.25, 0.3) is 0 Å². The Kier molecular flexibility index (Phi) is 4.55. The van der Waals surface area contributed by atoms with E-state index in [1.165, 1.54) is 24.8 Å². The summed E-state index contributed by atoms with van der Waals surface area (Å²) in [6.07, 6.45) is 9.26. The van der Waals surface area contributed by atoms with E-state index in [0.29, 0.717) is 17.8 Å². The van der Waals surface area contributed by atoms with Crippen LogP contribution in [0.1, 0.15) is 68.6 Å². The fourth-order valence-corrected chi connectivity index (χ4v) is 4.10. The van der Waals surface area contributed by atoms with Gasteiger partial charge in [0.15, 0.2) is 5.82 Å². The van der Waals surface area contributed by atoms with Gasteiger partial charge in [0.05, 0.1) is 11.8 Å². The summed E-state index contributed by atoms with van der Waals surface area (Å²) >= 11 is 0. The maximum atomic E-state index is 12.3. The van der Waals surface area contributed by atoms with Crippen LogP contribution < -0.4 is 5.32 Å². The van der Waals surface area contributed by atoms with E-state index in [4.69, 9.17) is 4.52 Å². The second-order valence-corrected chi connectivity index (χ2v) is 7.40. The molecule has 0 bridgehead atoms. The number of hydrogen-bond acceptors (Lipinski definition) is 4. The van der Waals surface area contributed by atoms with E-state index in [1.807, 2.05) is 18.2 Å². The zero-order chi connectivity index (χ0) is 17.1. The number of benzene rings is 1. The highest BCUT2D eigenvalue weighted by Crippen LogP contribution is 2.48. The summed E-state index contributed by atoms with van der Waals surface area (Å²) in [6, 6.07) is 10.7. The molecule has 4 rings (SSSR count). The number of nitrogens with zero attached hydrogens (tertiary/aromatic N) is 2. The number of carbonyl (C=O) groups is 1. The summed E-state index contributed by atoms with van der Waals surface area (Å²) in [4.78, 5) is 16.8. The fraction of sp³-hybridized carbons (Fsp3) is 0.550. The Labute approximate surface area is 148 Å². The highest BCUT2D eigenvalue weighted by Gasteiger charge is 2.45. The molecular weight excluding hydrogens is 314 g/mol. The predicted octanol–water partition coefficient (Wildman–Crippen LogP) is 3.53. The highest BCUT2D eigenvalue weighted by molar-refractivity contribution is 5.78. The van der Waals surface area contributed by atoms with Crippen molar-refractivity contribution in [1.29, 1.82) is 0 Å². The van der Waals surface area contributed by atoms with Gasteiger partial charge >= 0.3 is 0 Å². The van der Waals surface area contributed by atoms with Crippen LogP contribution in [-0.4, -0.2) is 22.1 Å². The van der Waals surface area contributed by atoms with Crippen molar-refractivity contribution in [3.05, 3.63) is 47.6 Å². The average Bonchev–Trinajstić information content (AvgIpc) is 3.04. The van der Waals surface area contributed by atoms with Gasteiger partial charge in [0, 0.05) is 6.04 Å². The minimum atomic E-state index is -0.160. The predicted molar refractivity (Wildman–Crippen MR) is 94.1 cm³/mol. The number of rotatable bonds is 5. The number of carbonyl (C=O) groups excluding carboxylic acids is 1. The van der Waals surface area contributed by atoms with Crippen molar-refractivity contribution in [3.8, 4) is 0 Å². The summed E-state index contributed by atoms with van der Waals surface area (Å²) in [6.45, 7) is 0. The lowest BCUT2D eigenvalue weighted by molar-refractivity contribution is -0.121. The van der Waals surface area contributed by atoms with Crippen LogP contribution in [-0.2, 0) is 16.6 Å². The molecule has 1 heterocycles. The molecule has 5 heteroatoms. The van der Waals surface area contributed by atoms with Gasteiger partial charge in [-0.2, -0.15) is 4.98 Å². The quantitative estimate of drug-likeness (QED) is 0.905. The van der Waals surface area contributed by atoms with Crippen LogP contribution in [0.3, 0.4) is 0 Å². The number of hydrogen-bond donors (Lipinski definition) is 1. The molecule has 1 aromatic carbocycles. The molecule has 2 aromatic rings. The lowest BCUT2D eigenvalue weighted by Gasteiger charge is -2.38. The molecule has 0 radical (unpaired) electrons. The van der Waals surface area contributed by atoms with Crippen molar-refractivity contribution in [2.24, 2.45) is 0 Å². The topological polar surface area (TPSA) is 68.0 Å². The molecule has 0 aliphatic heterocycles. The SMILES string of the molecule is O=C(Cc1noc(C2(c3ccccc3)CCC2)n1)NC1CCCCC1. The molecule has 0 unspecified atom stereocenters. The van der Waals surface area contributed by atoms with E-state index >= 15 is 0 Å². The summed E-state index contributed by atoms with van der Waals surface area (Å²) in [5, 5.41) is 7.19. The van der Waals surface area contributed by atoms with Crippen LogP contribution in [0.15, 0.2) is 34.9 Å². The molecule has 2 saturated carbocycles. The molecule has 1 N–H and O–H groups in total. The molecule has 2 aliphatic rings. The van der Waals surface area contributed by atoms with E-state index in [1.54, 1.807) is 0 Å². The largest absolute Gasteiger partial charge is 0.353 e. The van der Waals surface area contributed by atoms with Crippen molar-refractivity contribution in [2.45, 2.75) is 69.2 Å². The second-order valence-electron chi connectivity index (χ2n) is 7.40. The fourth-order valence-electron chi connectivity index (χ4n) is 4.10. The first kappa shape index (κ1) is 16.3. The van der Waals surface area contributed by atoms with E-state index in [-0.39, 0.29) is 17.7 Å². The lowest BCUT2D eigenvalue weighted by atomic mass is 9.64. The third-order valence-corrected chi connectivity index (χ3v) is 5.70. The number of nitrogens with one attached hydrogen (secondary N) is 1. The average molecular weight is 339 g/mol. The maximum Gasteiger partial charge on any atom is 0.237 e. The van der Waals surface area contributed by atoms with Gasteiger partial charge in [-0.1, -0.05) is 61.2 Å². The van der Waals surface area contributed by atoms with Crippen molar-refractivity contribution in [2.75, 3.05) is 0 Å². The summed E-state index contributed by atoms with van der Waals surface area (Å²) in [7, 11) is 0. The van der Waals surface area contributed by atoms with Gasteiger partial charge in [0.1, 0.15) is 0 Å². The van der Waals surface area contributed by atoms with Gasteiger partial charge in [-0.25, -0.2) is 0 Å². The van der Waals surface area contributed by atoms with Crippen molar-refractivity contribution in [1.82, 2.24) is 15.5 Å². The Morgan fingerprint density at radius 2 is 1.88 bits per heavy atom. The second kappa shape index (κ2) is 6.98. The molecule has 0 spiro atoms. The summed E-state index contributed by atoms with van der Waals surface area (Å²) in [5.74, 6) is 1.15. The van der Waals surface area contributed by atoms with Crippen LogP contribution in [0.25, 0.3) is 0 Å². The monoisotopic (exact) mass is 339 g/mol. The lowest BCUT2D eigenvalue weighted by Crippen LogP contribution is -2.37. The van der Waals surface area contributed by atoms with Crippen LogP contribution in [0.5, 0.6) is 0 Å². The Morgan fingerprint density at radius 3 is 2.56 bits per heavy atom. The molecule has 0 atom stereocenters. The van der Waals surface area contributed by atoms with Crippen molar-refractivity contribution in [3.63, 3.8) is 0 Å². The Hall–Kier alpha value is -2.17. The van der Waals surface area contributed by atoms with Crippen molar-refractivity contribution < 1.29 is 9.32 Å². The number of aromatic nitrogens is 2.